The minimum Gasteiger partial charge on any atom is -0.457 e. The molecule has 0 atom stereocenters. The molecule has 0 saturated carbocycles. The van der Waals surface area contributed by atoms with Gasteiger partial charge >= 0.3 is 0 Å². The SMILES string of the molecule is O=C(/C=C/c1ccccc1)N1CCCN(c2nc(Cc3ccccc3)nc3onc(-c4cccc(Oc5ccccc5)c4)c23)CC1. The van der Waals surface area contributed by atoms with Gasteiger partial charge < -0.3 is 19.1 Å². The van der Waals surface area contributed by atoms with Crippen LogP contribution in [0.3, 0.4) is 0 Å². The van der Waals surface area contributed by atoms with Gasteiger partial charge in [0, 0.05) is 44.2 Å². The summed E-state index contributed by atoms with van der Waals surface area (Å²) < 4.78 is 12.0. The molecule has 0 bridgehead atoms. The number of anilines is 1. The zero-order valence-corrected chi connectivity index (χ0v) is 25.3. The van der Waals surface area contributed by atoms with Crippen molar-refractivity contribution in [2.45, 2.75) is 12.8 Å². The number of nitrogens with zero attached hydrogens (tertiary/aromatic N) is 5. The zero-order chi connectivity index (χ0) is 31.1. The summed E-state index contributed by atoms with van der Waals surface area (Å²) in [7, 11) is 0. The van der Waals surface area contributed by atoms with Crippen LogP contribution in [0.2, 0.25) is 0 Å². The zero-order valence-electron chi connectivity index (χ0n) is 25.3. The van der Waals surface area contributed by atoms with E-state index in [0.29, 0.717) is 49.0 Å². The first kappa shape index (κ1) is 29.0. The van der Waals surface area contributed by atoms with Crippen molar-refractivity contribution in [1.29, 1.82) is 0 Å². The fraction of sp³-hybridized carbons (Fsp3) is 0.158. The molecule has 4 aromatic carbocycles. The predicted molar refractivity (Wildman–Crippen MR) is 180 cm³/mol. The van der Waals surface area contributed by atoms with Crippen LogP contribution in [0.5, 0.6) is 11.5 Å². The molecule has 0 spiro atoms. The molecule has 1 aliphatic heterocycles. The van der Waals surface area contributed by atoms with Gasteiger partial charge in [-0.3, -0.25) is 4.79 Å². The van der Waals surface area contributed by atoms with Gasteiger partial charge in [-0.1, -0.05) is 96.2 Å². The monoisotopic (exact) mass is 607 g/mol. The smallest absolute Gasteiger partial charge is 0.263 e. The van der Waals surface area contributed by atoms with E-state index in [-0.39, 0.29) is 5.91 Å². The number of benzene rings is 4. The number of fused-ring (bicyclic) bond motifs is 1. The second-order valence-electron chi connectivity index (χ2n) is 11.2. The molecule has 8 heteroatoms. The van der Waals surface area contributed by atoms with E-state index >= 15 is 0 Å². The van der Waals surface area contributed by atoms with Crippen molar-refractivity contribution in [3.8, 4) is 22.8 Å². The van der Waals surface area contributed by atoms with Crippen LogP contribution in [-0.4, -0.2) is 52.1 Å². The number of carbonyl (C=O) groups excluding carboxylic acids is 1. The van der Waals surface area contributed by atoms with Gasteiger partial charge in [0.05, 0.1) is 0 Å². The van der Waals surface area contributed by atoms with Gasteiger partial charge in [-0.05, 0) is 47.9 Å². The van der Waals surface area contributed by atoms with Crippen LogP contribution < -0.4 is 9.64 Å². The lowest BCUT2D eigenvalue weighted by atomic mass is 10.1. The molecular formula is C38H33N5O3. The number of aromatic nitrogens is 3. The van der Waals surface area contributed by atoms with E-state index in [1.165, 1.54) is 0 Å². The van der Waals surface area contributed by atoms with Crippen molar-refractivity contribution in [2.75, 3.05) is 31.1 Å². The number of hydrogen-bond donors (Lipinski definition) is 0. The quantitative estimate of drug-likeness (QED) is 0.167. The summed E-state index contributed by atoms with van der Waals surface area (Å²) >= 11 is 0. The lowest BCUT2D eigenvalue weighted by molar-refractivity contribution is -0.125. The summed E-state index contributed by atoms with van der Waals surface area (Å²) in [6, 6.07) is 37.5. The molecule has 6 aromatic rings. The van der Waals surface area contributed by atoms with Crippen molar-refractivity contribution in [3.63, 3.8) is 0 Å². The normalized spacial score (nSPS) is 13.7. The molecule has 1 fully saturated rings. The minimum atomic E-state index is 0.00389. The Hall–Kier alpha value is -5.76. The molecule has 0 aliphatic carbocycles. The van der Waals surface area contributed by atoms with Crippen LogP contribution in [0.15, 0.2) is 126 Å². The van der Waals surface area contributed by atoms with Crippen LogP contribution in [0.4, 0.5) is 5.82 Å². The first-order valence-corrected chi connectivity index (χ1v) is 15.5. The summed E-state index contributed by atoms with van der Waals surface area (Å²) in [6.45, 7) is 2.57. The lowest BCUT2D eigenvalue weighted by Crippen LogP contribution is -2.34. The van der Waals surface area contributed by atoms with Gasteiger partial charge in [0.1, 0.15) is 34.2 Å². The molecule has 8 nitrogen and oxygen atoms in total. The van der Waals surface area contributed by atoms with Crippen molar-refractivity contribution in [1.82, 2.24) is 20.0 Å². The molecule has 1 aliphatic rings. The molecule has 0 unspecified atom stereocenters. The Morgan fingerprint density at radius 2 is 1.52 bits per heavy atom. The molecule has 228 valence electrons. The molecule has 2 aromatic heterocycles. The van der Waals surface area contributed by atoms with E-state index in [0.717, 1.165) is 46.6 Å². The van der Waals surface area contributed by atoms with Gasteiger partial charge in [-0.25, -0.2) is 4.98 Å². The summed E-state index contributed by atoms with van der Waals surface area (Å²) in [5.74, 6) is 2.86. The van der Waals surface area contributed by atoms with Crippen molar-refractivity contribution < 1.29 is 14.1 Å². The summed E-state index contributed by atoms with van der Waals surface area (Å²) in [5, 5.41) is 5.25. The largest absolute Gasteiger partial charge is 0.457 e. The number of amides is 1. The van der Waals surface area contributed by atoms with Crippen LogP contribution in [0.25, 0.3) is 28.4 Å². The summed E-state index contributed by atoms with van der Waals surface area (Å²) in [4.78, 5) is 27.2. The Morgan fingerprint density at radius 3 is 2.33 bits per heavy atom. The number of hydrogen-bond acceptors (Lipinski definition) is 7. The molecule has 1 amide bonds. The second kappa shape index (κ2) is 13.5. The van der Waals surface area contributed by atoms with E-state index in [2.05, 4.69) is 22.2 Å². The first-order valence-electron chi connectivity index (χ1n) is 15.5. The minimum absolute atomic E-state index is 0.00389. The number of rotatable bonds is 8. The van der Waals surface area contributed by atoms with Gasteiger partial charge in [0.2, 0.25) is 5.91 Å². The summed E-state index contributed by atoms with van der Waals surface area (Å²) in [5.41, 5.74) is 4.03. The van der Waals surface area contributed by atoms with E-state index < -0.39 is 0 Å². The van der Waals surface area contributed by atoms with Gasteiger partial charge in [0.25, 0.3) is 5.71 Å². The van der Waals surface area contributed by atoms with Crippen LogP contribution >= 0.6 is 0 Å². The third kappa shape index (κ3) is 6.66. The van der Waals surface area contributed by atoms with Crippen molar-refractivity contribution >= 4 is 28.9 Å². The summed E-state index contributed by atoms with van der Waals surface area (Å²) in [6.07, 6.45) is 4.89. The van der Waals surface area contributed by atoms with Crippen LogP contribution in [0.1, 0.15) is 23.4 Å². The third-order valence-electron chi connectivity index (χ3n) is 7.98. The Labute approximate surface area is 267 Å². The third-order valence-corrected chi connectivity index (χ3v) is 7.98. The average molecular weight is 608 g/mol. The molecule has 1 saturated heterocycles. The highest BCUT2D eigenvalue weighted by molar-refractivity contribution is 5.98. The van der Waals surface area contributed by atoms with E-state index in [1.54, 1.807) is 6.08 Å². The fourth-order valence-electron chi connectivity index (χ4n) is 5.68. The Bertz CT molecular complexity index is 1960. The average Bonchev–Trinajstić information content (AvgIpc) is 3.37. The fourth-order valence-corrected chi connectivity index (χ4v) is 5.68. The van der Waals surface area contributed by atoms with Crippen molar-refractivity contribution in [3.05, 3.63) is 138 Å². The molecule has 46 heavy (non-hydrogen) atoms. The van der Waals surface area contributed by atoms with Crippen LogP contribution in [-0.2, 0) is 11.2 Å². The van der Waals surface area contributed by atoms with Gasteiger partial charge in [0.15, 0.2) is 0 Å². The Kier molecular flexibility index (Phi) is 8.49. The van der Waals surface area contributed by atoms with Gasteiger partial charge in [-0.2, -0.15) is 4.98 Å². The Morgan fingerprint density at radius 1 is 0.783 bits per heavy atom. The molecule has 7 rings (SSSR count). The maximum absolute atomic E-state index is 13.2. The highest BCUT2D eigenvalue weighted by atomic mass is 16.5. The topological polar surface area (TPSA) is 84.6 Å². The number of carbonyl (C=O) groups is 1. The molecule has 0 N–H and O–H groups in total. The lowest BCUT2D eigenvalue weighted by Gasteiger charge is -2.23. The van der Waals surface area contributed by atoms with E-state index in [9.17, 15) is 4.79 Å². The Balaban J connectivity index is 1.21. The first-order chi connectivity index (χ1) is 22.7. The maximum Gasteiger partial charge on any atom is 0.263 e. The molecule has 0 radical (unpaired) electrons. The maximum atomic E-state index is 13.2. The second-order valence-corrected chi connectivity index (χ2v) is 11.2. The van der Waals surface area contributed by atoms with Crippen molar-refractivity contribution in [2.24, 2.45) is 0 Å². The van der Waals surface area contributed by atoms with E-state index in [1.807, 2.05) is 114 Å². The molecule has 3 heterocycles. The van der Waals surface area contributed by atoms with Gasteiger partial charge in [-0.15, -0.1) is 0 Å². The molecular weight excluding hydrogens is 574 g/mol. The number of ether oxygens (including phenoxy) is 1. The highest BCUT2D eigenvalue weighted by Crippen LogP contribution is 2.36. The van der Waals surface area contributed by atoms with Crippen LogP contribution in [0, 0.1) is 0 Å². The van der Waals surface area contributed by atoms with E-state index in [4.69, 9.17) is 19.2 Å². The number of para-hydroxylation sites is 1. The predicted octanol–water partition coefficient (Wildman–Crippen LogP) is 7.42. The highest BCUT2D eigenvalue weighted by Gasteiger charge is 2.26. The standard InChI is InChI=1S/C38H33N5O3/c44-34(21-20-28-12-4-1-5-13-28)42-22-11-23-43(25-24-42)37-35-36(30-16-10-19-32(27-30)45-31-17-8-3-9-18-31)41-46-38(35)40-33(39-37)26-29-14-6-2-7-15-29/h1-10,12-21,27H,11,22-26H2/b21-20+.